The van der Waals surface area contributed by atoms with Gasteiger partial charge in [-0.3, -0.25) is 0 Å². The quantitative estimate of drug-likeness (QED) is 0.164. The highest BCUT2D eigenvalue weighted by Crippen LogP contribution is 2.62. The lowest BCUT2D eigenvalue weighted by Gasteiger charge is -2.50. The van der Waals surface area contributed by atoms with Gasteiger partial charge in [-0.05, 0) is 166 Å². The molecular formula is C65H62BN3O. The molecule has 70 heavy (non-hydrogen) atoms. The number of anilines is 8. The van der Waals surface area contributed by atoms with Crippen molar-refractivity contribution >= 4 is 90.5 Å². The molecule has 346 valence electrons. The van der Waals surface area contributed by atoms with Crippen molar-refractivity contribution in [3.8, 4) is 11.1 Å². The van der Waals surface area contributed by atoms with E-state index >= 15 is 0 Å². The lowest BCUT2D eigenvalue weighted by molar-refractivity contribution is 0.195. The van der Waals surface area contributed by atoms with E-state index in [1.165, 1.54) is 109 Å². The third-order valence-corrected chi connectivity index (χ3v) is 17.1. The molecule has 3 aliphatic heterocycles. The van der Waals surface area contributed by atoms with E-state index in [-0.39, 0.29) is 28.5 Å². The zero-order valence-corrected chi connectivity index (χ0v) is 42.2. The molecule has 0 spiro atoms. The van der Waals surface area contributed by atoms with E-state index in [2.05, 4.69) is 241 Å². The molecule has 0 radical (unpaired) electrons. The maximum Gasteiger partial charge on any atom is 0.252 e. The van der Waals surface area contributed by atoms with Crippen LogP contribution in [0.3, 0.4) is 0 Å². The Labute approximate surface area is 414 Å². The van der Waals surface area contributed by atoms with Crippen molar-refractivity contribution in [2.45, 2.75) is 110 Å². The molecule has 1 aromatic heterocycles. The summed E-state index contributed by atoms with van der Waals surface area (Å²) >= 11 is 0. The summed E-state index contributed by atoms with van der Waals surface area (Å²) in [4.78, 5) is 7.91. The molecule has 8 aromatic carbocycles. The Morgan fingerprint density at radius 1 is 0.486 bits per heavy atom. The Morgan fingerprint density at radius 3 is 1.89 bits per heavy atom. The molecule has 1 aliphatic carbocycles. The Balaban J connectivity index is 1.06. The van der Waals surface area contributed by atoms with E-state index in [9.17, 15) is 0 Å². The van der Waals surface area contributed by atoms with E-state index in [0.717, 1.165) is 34.0 Å². The fourth-order valence-electron chi connectivity index (χ4n) is 13.2. The fourth-order valence-corrected chi connectivity index (χ4v) is 13.2. The molecule has 2 unspecified atom stereocenters. The Hall–Kier alpha value is -6.98. The second kappa shape index (κ2) is 15.0. The number of furan rings is 1. The summed E-state index contributed by atoms with van der Waals surface area (Å²) < 4.78 is 6.40. The van der Waals surface area contributed by atoms with Crippen LogP contribution in [0.2, 0.25) is 0 Å². The topological polar surface area (TPSA) is 22.9 Å². The fraction of sp³-hybridized carbons (Fsp3) is 0.262. The van der Waals surface area contributed by atoms with E-state index in [0.29, 0.717) is 0 Å². The molecule has 0 N–H and O–H groups in total. The number of benzene rings is 8. The first-order valence-corrected chi connectivity index (χ1v) is 25.7. The average molecular weight is 912 g/mol. The molecule has 5 heteroatoms. The van der Waals surface area contributed by atoms with Gasteiger partial charge in [-0.15, -0.1) is 0 Å². The monoisotopic (exact) mass is 911 g/mol. The van der Waals surface area contributed by atoms with Crippen molar-refractivity contribution < 1.29 is 4.42 Å². The van der Waals surface area contributed by atoms with Gasteiger partial charge in [0.05, 0.1) is 5.54 Å². The number of para-hydroxylation sites is 1. The minimum absolute atomic E-state index is 0.00149. The maximum absolute atomic E-state index is 6.40. The molecular weight excluding hydrogens is 850 g/mol. The first-order valence-electron chi connectivity index (χ1n) is 25.7. The maximum atomic E-state index is 6.40. The second-order valence-electron chi connectivity index (χ2n) is 23.4. The van der Waals surface area contributed by atoms with Crippen molar-refractivity contribution in [1.29, 1.82) is 0 Å². The van der Waals surface area contributed by atoms with Gasteiger partial charge in [0, 0.05) is 61.7 Å². The molecule has 4 nitrogen and oxygen atoms in total. The summed E-state index contributed by atoms with van der Waals surface area (Å²) in [6.07, 6.45) is 4.79. The number of rotatable bonds is 4. The van der Waals surface area contributed by atoms with Crippen molar-refractivity contribution in [3.05, 3.63) is 186 Å². The van der Waals surface area contributed by atoms with Gasteiger partial charge >= 0.3 is 0 Å². The molecule has 0 bridgehead atoms. The van der Waals surface area contributed by atoms with Crippen LogP contribution in [0, 0.1) is 6.92 Å². The molecule has 4 heterocycles. The van der Waals surface area contributed by atoms with Gasteiger partial charge in [-0.25, -0.2) is 0 Å². The number of nitrogens with zero attached hydrogens (tertiary/aromatic N) is 3. The SMILES string of the molecule is Cc1cc2c3c(c1)N(c1ccc(C(C)(C)C)cc1)c1cc(N4c5ccc(-c6ccccc6)cc5C5(C)CCCCC45C)ccc1B3c1cc(C(C)(C)C)ccc1N2c1ccc2oc3ccccc3c2c1. The summed E-state index contributed by atoms with van der Waals surface area (Å²) in [5, 5.41) is 2.27. The van der Waals surface area contributed by atoms with Crippen LogP contribution in [-0.2, 0) is 16.2 Å². The number of hydrogen-bond donors (Lipinski definition) is 0. The first kappa shape index (κ1) is 43.1. The third-order valence-electron chi connectivity index (χ3n) is 17.1. The van der Waals surface area contributed by atoms with Crippen molar-refractivity contribution in [3.63, 3.8) is 0 Å². The molecule has 0 amide bonds. The summed E-state index contributed by atoms with van der Waals surface area (Å²) in [5.74, 6) is 0. The van der Waals surface area contributed by atoms with Crippen LogP contribution in [0.1, 0.15) is 103 Å². The number of hydrogen-bond acceptors (Lipinski definition) is 4. The molecule has 2 atom stereocenters. The average Bonchev–Trinajstić information content (AvgIpc) is 3.82. The molecule has 13 rings (SSSR count). The summed E-state index contributed by atoms with van der Waals surface area (Å²) in [6.45, 7) is 21.4. The summed E-state index contributed by atoms with van der Waals surface area (Å²) in [7, 11) is 0. The Kier molecular flexibility index (Phi) is 9.24. The van der Waals surface area contributed by atoms with Gasteiger partial charge in [0.15, 0.2) is 0 Å². The minimum Gasteiger partial charge on any atom is -0.456 e. The van der Waals surface area contributed by atoms with E-state index in [4.69, 9.17) is 4.42 Å². The van der Waals surface area contributed by atoms with Gasteiger partial charge in [0.1, 0.15) is 11.2 Å². The Morgan fingerprint density at radius 2 is 1.13 bits per heavy atom. The van der Waals surface area contributed by atoms with Gasteiger partial charge in [0.25, 0.3) is 6.71 Å². The summed E-state index contributed by atoms with van der Waals surface area (Å²) in [5.41, 5.74) is 23.5. The van der Waals surface area contributed by atoms with Crippen LogP contribution in [-0.4, -0.2) is 12.3 Å². The van der Waals surface area contributed by atoms with Crippen LogP contribution < -0.4 is 31.1 Å². The van der Waals surface area contributed by atoms with E-state index < -0.39 is 0 Å². The van der Waals surface area contributed by atoms with Gasteiger partial charge in [-0.2, -0.15) is 0 Å². The van der Waals surface area contributed by atoms with E-state index in [1.54, 1.807) is 0 Å². The normalized spacial score (nSPS) is 19.3. The van der Waals surface area contributed by atoms with Crippen molar-refractivity contribution in [2.75, 3.05) is 14.7 Å². The molecule has 1 saturated carbocycles. The van der Waals surface area contributed by atoms with Crippen LogP contribution in [0.25, 0.3) is 33.1 Å². The smallest absolute Gasteiger partial charge is 0.252 e. The van der Waals surface area contributed by atoms with Gasteiger partial charge < -0.3 is 19.1 Å². The highest BCUT2D eigenvalue weighted by atomic mass is 16.3. The second-order valence-corrected chi connectivity index (χ2v) is 23.4. The zero-order chi connectivity index (χ0) is 48.1. The van der Waals surface area contributed by atoms with E-state index in [1.807, 2.05) is 0 Å². The number of aryl methyl sites for hydroxylation is 1. The summed E-state index contributed by atoms with van der Waals surface area (Å²) in [6, 6.07) is 62.6. The molecule has 0 saturated heterocycles. The predicted molar refractivity (Wildman–Crippen MR) is 298 cm³/mol. The molecule has 4 aliphatic rings. The van der Waals surface area contributed by atoms with Crippen LogP contribution in [0.4, 0.5) is 45.5 Å². The first-order chi connectivity index (χ1) is 33.6. The lowest BCUT2D eigenvalue weighted by atomic mass is 9.33. The standard InChI is InChI=1S/C65H62BN3O/c1-41-35-57-61-58(36-41)68(47-28-32-60-50(39-47)49-19-13-14-20-59(49)70-60)55-31-24-45(63(5,6)7)38-53(55)66(61)52-29-27-48(40-56(52)67(57)46-25-22-44(23-26-46)62(2,3)4)69-54-30-21-43(42-17-11-10-12-18-42)37-51(54)64(8)33-15-16-34-65(64,69)9/h10-14,17-32,35-40H,15-16,33-34H2,1-9H3. The zero-order valence-electron chi connectivity index (χ0n) is 42.2. The van der Waals surface area contributed by atoms with Crippen molar-refractivity contribution in [1.82, 2.24) is 0 Å². The lowest BCUT2D eigenvalue weighted by Crippen LogP contribution is -2.61. The minimum atomic E-state index is -0.104. The van der Waals surface area contributed by atoms with Crippen molar-refractivity contribution in [2.24, 2.45) is 0 Å². The van der Waals surface area contributed by atoms with Gasteiger partial charge in [0.2, 0.25) is 0 Å². The number of fused-ring (bicyclic) bond motifs is 10. The highest BCUT2D eigenvalue weighted by Gasteiger charge is 2.58. The predicted octanol–water partition coefficient (Wildman–Crippen LogP) is 16.0. The molecule has 9 aromatic rings. The van der Waals surface area contributed by atoms with Gasteiger partial charge in [-0.1, -0.05) is 146 Å². The van der Waals surface area contributed by atoms with Crippen LogP contribution in [0.5, 0.6) is 0 Å². The Bertz CT molecular complexity index is 3590. The molecule has 1 fully saturated rings. The third kappa shape index (κ3) is 6.22. The highest BCUT2D eigenvalue weighted by molar-refractivity contribution is 7.00. The van der Waals surface area contributed by atoms with Crippen LogP contribution in [0.15, 0.2) is 168 Å². The largest absolute Gasteiger partial charge is 0.456 e. The van der Waals surface area contributed by atoms with Crippen LogP contribution >= 0.6 is 0 Å².